The van der Waals surface area contributed by atoms with E-state index in [1.165, 1.54) is 11.3 Å². The van der Waals surface area contributed by atoms with Gasteiger partial charge in [-0.05, 0) is 25.5 Å². The lowest BCUT2D eigenvalue weighted by Gasteiger charge is -1.98. The maximum absolute atomic E-state index is 5.73. The van der Waals surface area contributed by atoms with Crippen molar-refractivity contribution in [1.82, 2.24) is 15.2 Å². The number of hydrogen-bond acceptors (Lipinski definition) is 5. The first-order chi connectivity index (χ1) is 7.18. The van der Waals surface area contributed by atoms with Gasteiger partial charge in [-0.15, -0.1) is 10.2 Å². The predicted octanol–water partition coefficient (Wildman–Crippen LogP) is 1.93. The molecule has 5 heteroatoms. The number of nitrogens with zero attached hydrogens (tertiary/aromatic N) is 3. The van der Waals surface area contributed by atoms with Crippen LogP contribution in [0.3, 0.4) is 0 Å². The van der Waals surface area contributed by atoms with Crippen molar-refractivity contribution in [3.8, 4) is 10.7 Å². The second kappa shape index (κ2) is 4.04. The van der Waals surface area contributed by atoms with Crippen molar-refractivity contribution in [3.63, 3.8) is 0 Å². The van der Waals surface area contributed by atoms with Crippen molar-refractivity contribution < 1.29 is 0 Å². The van der Waals surface area contributed by atoms with Crippen LogP contribution in [-0.2, 0) is 0 Å². The summed E-state index contributed by atoms with van der Waals surface area (Å²) in [6.45, 7) is 3.91. The minimum Gasteiger partial charge on any atom is -0.322 e. The van der Waals surface area contributed by atoms with Crippen LogP contribution < -0.4 is 5.73 Å². The first-order valence-corrected chi connectivity index (χ1v) is 5.51. The maximum Gasteiger partial charge on any atom is 0.166 e. The summed E-state index contributed by atoms with van der Waals surface area (Å²) in [5, 5.41) is 9.81. The normalized spacial score (nSPS) is 12.7. The van der Waals surface area contributed by atoms with Crippen LogP contribution in [0.4, 0.5) is 0 Å². The van der Waals surface area contributed by atoms with E-state index in [0.717, 1.165) is 21.3 Å². The molecule has 2 aromatic heterocycles. The van der Waals surface area contributed by atoms with Gasteiger partial charge in [0.1, 0.15) is 10.7 Å². The second-order valence-electron chi connectivity index (χ2n) is 3.40. The van der Waals surface area contributed by atoms with Crippen molar-refractivity contribution in [1.29, 1.82) is 0 Å². The number of pyridine rings is 1. The molecule has 0 aliphatic rings. The van der Waals surface area contributed by atoms with E-state index in [0.29, 0.717) is 0 Å². The Morgan fingerprint density at radius 1 is 1.40 bits per heavy atom. The first-order valence-electron chi connectivity index (χ1n) is 4.69. The highest BCUT2D eigenvalue weighted by molar-refractivity contribution is 7.14. The molecule has 2 N–H and O–H groups in total. The highest BCUT2D eigenvalue weighted by atomic mass is 32.1. The van der Waals surface area contributed by atoms with E-state index < -0.39 is 0 Å². The van der Waals surface area contributed by atoms with Gasteiger partial charge in [-0.2, -0.15) is 0 Å². The Bertz CT molecular complexity index is 464. The summed E-state index contributed by atoms with van der Waals surface area (Å²) >= 11 is 1.50. The fourth-order valence-corrected chi connectivity index (χ4v) is 2.08. The van der Waals surface area contributed by atoms with E-state index in [1.54, 1.807) is 6.20 Å². The Balaban J connectivity index is 2.42. The number of aromatic nitrogens is 3. The largest absolute Gasteiger partial charge is 0.322 e. The standard InChI is InChI=1S/C10H12N4S/c1-6-4-3-5-12-8(6)10-14-13-9(15-10)7(2)11/h3-5,7H,11H2,1-2H3. The topological polar surface area (TPSA) is 64.7 Å². The van der Waals surface area contributed by atoms with E-state index in [2.05, 4.69) is 15.2 Å². The van der Waals surface area contributed by atoms with E-state index in [1.807, 2.05) is 26.0 Å². The summed E-state index contributed by atoms with van der Waals surface area (Å²) < 4.78 is 0. The maximum atomic E-state index is 5.73. The number of nitrogens with two attached hydrogens (primary N) is 1. The van der Waals surface area contributed by atoms with Crippen LogP contribution in [0.15, 0.2) is 18.3 Å². The van der Waals surface area contributed by atoms with Crippen LogP contribution >= 0.6 is 11.3 Å². The Morgan fingerprint density at radius 2 is 2.20 bits per heavy atom. The zero-order chi connectivity index (χ0) is 10.8. The minimum absolute atomic E-state index is 0.0692. The molecular formula is C10H12N4S. The molecule has 0 aromatic carbocycles. The van der Waals surface area contributed by atoms with Crippen molar-refractivity contribution in [2.45, 2.75) is 19.9 Å². The van der Waals surface area contributed by atoms with Crippen molar-refractivity contribution in [3.05, 3.63) is 28.9 Å². The van der Waals surface area contributed by atoms with Gasteiger partial charge in [0.2, 0.25) is 0 Å². The van der Waals surface area contributed by atoms with E-state index in [9.17, 15) is 0 Å². The Labute approximate surface area is 92.2 Å². The molecule has 0 fully saturated rings. The molecule has 0 aliphatic carbocycles. The average Bonchev–Trinajstić information content (AvgIpc) is 2.67. The third-order valence-electron chi connectivity index (χ3n) is 2.04. The summed E-state index contributed by atoms with van der Waals surface area (Å²) in [5.41, 5.74) is 7.72. The number of aryl methyl sites for hydroxylation is 1. The number of rotatable bonds is 2. The van der Waals surface area contributed by atoms with Gasteiger partial charge >= 0.3 is 0 Å². The van der Waals surface area contributed by atoms with Gasteiger partial charge in [0.15, 0.2) is 5.01 Å². The second-order valence-corrected chi connectivity index (χ2v) is 4.41. The molecular weight excluding hydrogens is 208 g/mol. The minimum atomic E-state index is -0.0692. The molecule has 2 aromatic rings. The van der Waals surface area contributed by atoms with Gasteiger partial charge in [0, 0.05) is 6.20 Å². The van der Waals surface area contributed by atoms with Gasteiger partial charge in [-0.1, -0.05) is 17.4 Å². The first kappa shape index (κ1) is 10.2. The third-order valence-corrected chi connectivity index (χ3v) is 3.17. The molecule has 2 heterocycles. The van der Waals surface area contributed by atoms with Gasteiger partial charge in [-0.25, -0.2) is 0 Å². The molecule has 0 saturated heterocycles. The lowest BCUT2D eigenvalue weighted by Crippen LogP contribution is -2.03. The van der Waals surface area contributed by atoms with Crippen LogP contribution in [-0.4, -0.2) is 15.2 Å². The fraction of sp³-hybridized carbons (Fsp3) is 0.300. The molecule has 4 nitrogen and oxygen atoms in total. The molecule has 15 heavy (non-hydrogen) atoms. The molecule has 0 bridgehead atoms. The molecule has 1 atom stereocenters. The highest BCUT2D eigenvalue weighted by Crippen LogP contribution is 2.26. The van der Waals surface area contributed by atoms with Gasteiger partial charge in [-0.3, -0.25) is 4.98 Å². The third kappa shape index (κ3) is 2.03. The monoisotopic (exact) mass is 220 g/mol. The molecule has 0 spiro atoms. The summed E-state index contributed by atoms with van der Waals surface area (Å²) in [4.78, 5) is 4.29. The highest BCUT2D eigenvalue weighted by Gasteiger charge is 2.11. The van der Waals surface area contributed by atoms with Crippen molar-refractivity contribution in [2.24, 2.45) is 5.73 Å². The van der Waals surface area contributed by atoms with Gasteiger partial charge in [0.05, 0.1) is 6.04 Å². The summed E-state index contributed by atoms with van der Waals surface area (Å²) in [6.07, 6.45) is 1.76. The molecule has 0 amide bonds. The Kier molecular flexibility index (Phi) is 2.75. The van der Waals surface area contributed by atoms with Crippen molar-refractivity contribution >= 4 is 11.3 Å². The lowest BCUT2D eigenvalue weighted by molar-refractivity contribution is 0.786. The molecule has 0 saturated carbocycles. The molecule has 78 valence electrons. The molecule has 0 radical (unpaired) electrons. The molecule has 0 aliphatic heterocycles. The Morgan fingerprint density at radius 3 is 2.80 bits per heavy atom. The van der Waals surface area contributed by atoms with Crippen LogP contribution in [0.1, 0.15) is 23.5 Å². The smallest absolute Gasteiger partial charge is 0.166 e. The number of hydrogen-bond donors (Lipinski definition) is 1. The fourth-order valence-electron chi connectivity index (χ4n) is 1.22. The van der Waals surface area contributed by atoms with Crippen LogP contribution in [0, 0.1) is 6.92 Å². The SMILES string of the molecule is Cc1cccnc1-c1nnc(C(C)N)s1. The van der Waals surface area contributed by atoms with Crippen LogP contribution in [0.2, 0.25) is 0 Å². The lowest BCUT2D eigenvalue weighted by atomic mass is 10.2. The summed E-state index contributed by atoms with van der Waals surface area (Å²) in [5.74, 6) is 0. The molecule has 2 rings (SSSR count). The van der Waals surface area contributed by atoms with E-state index in [-0.39, 0.29) is 6.04 Å². The van der Waals surface area contributed by atoms with Crippen LogP contribution in [0.5, 0.6) is 0 Å². The zero-order valence-electron chi connectivity index (χ0n) is 8.64. The Hall–Kier alpha value is -1.33. The average molecular weight is 220 g/mol. The van der Waals surface area contributed by atoms with Gasteiger partial charge in [0.25, 0.3) is 0 Å². The van der Waals surface area contributed by atoms with E-state index in [4.69, 9.17) is 5.73 Å². The quantitative estimate of drug-likeness (QED) is 0.839. The van der Waals surface area contributed by atoms with Crippen LogP contribution in [0.25, 0.3) is 10.7 Å². The molecule has 1 unspecified atom stereocenters. The van der Waals surface area contributed by atoms with Gasteiger partial charge < -0.3 is 5.73 Å². The van der Waals surface area contributed by atoms with Crippen molar-refractivity contribution in [2.75, 3.05) is 0 Å². The predicted molar refractivity (Wildman–Crippen MR) is 60.5 cm³/mol. The zero-order valence-corrected chi connectivity index (χ0v) is 9.45. The summed E-state index contributed by atoms with van der Waals surface area (Å²) in [7, 11) is 0. The summed E-state index contributed by atoms with van der Waals surface area (Å²) in [6, 6.07) is 3.85. The van der Waals surface area contributed by atoms with E-state index >= 15 is 0 Å².